The zero-order valence-corrected chi connectivity index (χ0v) is 17.5. The van der Waals surface area contributed by atoms with Gasteiger partial charge in [-0.15, -0.1) is 0 Å². The van der Waals surface area contributed by atoms with Crippen LogP contribution in [-0.4, -0.2) is 38.4 Å². The molecule has 9 heteroatoms. The number of benzene rings is 2. The van der Waals surface area contributed by atoms with Gasteiger partial charge >= 0.3 is 6.18 Å². The fourth-order valence-corrected chi connectivity index (χ4v) is 4.85. The van der Waals surface area contributed by atoms with Gasteiger partial charge in [-0.25, -0.2) is 13.1 Å². The van der Waals surface area contributed by atoms with Gasteiger partial charge in [0.2, 0.25) is 10.0 Å². The monoisotopic (exact) mass is 440 g/mol. The van der Waals surface area contributed by atoms with E-state index < -0.39 is 33.7 Å². The third kappa shape index (κ3) is 4.84. The summed E-state index contributed by atoms with van der Waals surface area (Å²) in [7, 11) is -3.72. The predicted molar refractivity (Wildman–Crippen MR) is 107 cm³/mol. The lowest BCUT2D eigenvalue weighted by molar-refractivity contribution is -0.138. The highest BCUT2D eigenvalue weighted by atomic mass is 32.2. The number of halogens is 3. The Hall–Kier alpha value is -2.39. The lowest BCUT2D eigenvalue weighted by atomic mass is 10.0. The zero-order chi connectivity index (χ0) is 22.1. The molecule has 1 heterocycles. The quantitative estimate of drug-likeness (QED) is 0.784. The second-order valence-electron chi connectivity index (χ2n) is 7.48. The molecule has 1 amide bonds. The molecule has 0 aliphatic carbocycles. The van der Waals surface area contributed by atoms with Crippen molar-refractivity contribution in [3.63, 3.8) is 0 Å². The minimum atomic E-state index is -4.62. The molecule has 0 atom stereocenters. The Morgan fingerprint density at radius 2 is 1.67 bits per heavy atom. The van der Waals surface area contributed by atoms with Crippen LogP contribution in [0.4, 0.5) is 13.2 Å². The van der Waals surface area contributed by atoms with Crippen molar-refractivity contribution < 1.29 is 26.4 Å². The van der Waals surface area contributed by atoms with Crippen LogP contribution in [0.15, 0.2) is 47.4 Å². The first-order valence-electron chi connectivity index (χ1n) is 9.54. The number of nitrogens with zero attached hydrogens (tertiary/aromatic N) is 1. The van der Waals surface area contributed by atoms with E-state index in [1.807, 2.05) is 13.8 Å². The van der Waals surface area contributed by atoms with Crippen LogP contribution in [0.3, 0.4) is 0 Å². The molecule has 0 unspecified atom stereocenters. The first-order valence-corrected chi connectivity index (χ1v) is 11.0. The Kier molecular flexibility index (Phi) is 6.24. The second kappa shape index (κ2) is 8.39. The number of sulfonamides is 1. The van der Waals surface area contributed by atoms with Gasteiger partial charge in [0.05, 0.1) is 16.0 Å². The third-order valence-electron chi connectivity index (χ3n) is 5.36. The summed E-state index contributed by atoms with van der Waals surface area (Å²) < 4.78 is 67.5. The molecule has 0 saturated carbocycles. The number of carbonyl (C=O) groups is 1. The average Bonchev–Trinajstić information content (AvgIpc) is 2.69. The van der Waals surface area contributed by atoms with E-state index in [0.29, 0.717) is 12.8 Å². The number of likely N-dealkylation sites (tertiary alicyclic amines) is 1. The van der Waals surface area contributed by atoms with Gasteiger partial charge in [0.25, 0.3) is 5.91 Å². The van der Waals surface area contributed by atoms with Gasteiger partial charge in [-0.3, -0.25) is 4.79 Å². The highest BCUT2D eigenvalue weighted by Crippen LogP contribution is 2.32. The third-order valence-corrected chi connectivity index (χ3v) is 6.87. The van der Waals surface area contributed by atoms with E-state index in [1.165, 1.54) is 29.2 Å². The van der Waals surface area contributed by atoms with E-state index in [9.17, 15) is 26.4 Å². The molecule has 0 spiro atoms. The molecule has 1 N–H and O–H groups in total. The molecule has 0 aromatic heterocycles. The van der Waals surface area contributed by atoms with Gasteiger partial charge in [-0.1, -0.05) is 18.2 Å². The summed E-state index contributed by atoms with van der Waals surface area (Å²) in [5, 5.41) is 0. The molecule has 162 valence electrons. The molecule has 1 fully saturated rings. The SMILES string of the molecule is Cc1ccc(S(=O)(=O)NC2CCN(C(=O)c3ccccc3C(F)(F)F)CC2)cc1C. The van der Waals surface area contributed by atoms with E-state index in [4.69, 9.17) is 0 Å². The molecule has 1 aliphatic rings. The molecule has 2 aromatic rings. The van der Waals surface area contributed by atoms with E-state index in [1.54, 1.807) is 12.1 Å². The fourth-order valence-electron chi connectivity index (χ4n) is 3.46. The maximum absolute atomic E-state index is 13.2. The Morgan fingerprint density at radius 1 is 1.03 bits per heavy atom. The van der Waals surface area contributed by atoms with Crippen LogP contribution < -0.4 is 4.72 Å². The number of alkyl halides is 3. The second-order valence-corrected chi connectivity index (χ2v) is 9.19. The molecular weight excluding hydrogens is 417 g/mol. The molecule has 1 saturated heterocycles. The summed E-state index contributed by atoms with van der Waals surface area (Å²) in [5.74, 6) is -0.696. The normalized spacial score (nSPS) is 16.0. The molecule has 1 aliphatic heterocycles. The summed E-state index contributed by atoms with van der Waals surface area (Å²) in [6, 6.07) is 9.18. The molecule has 2 aromatic carbocycles. The number of carbonyl (C=O) groups excluding carboxylic acids is 1. The minimum absolute atomic E-state index is 0.170. The largest absolute Gasteiger partial charge is 0.417 e. The van der Waals surface area contributed by atoms with Crippen LogP contribution >= 0.6 is 0 Å². The Morgan fingerprint density at radius 3 is 2.27 bits per heavy atom. The van der Waals surface area contributed by atoms with Crippen molar-refractivity contribution >= 4 is 15.9 Å². The van der Waals surface area contributed by atoms with Crippen LogP contribution in [0, 0.1) is 13.8 Å². The lowest BCUT2D eigenvalue weighted by Crippen LogP contribution is -2.46. The summed E-state index contributed by atoms with van der Waals surface area (Å²) in [4.78, 5) is 14.1. The number of hydrogen-bond acceptors (Lipinski definition) is 3. The predicted octanol–water partition coefficient (Wildman–Crippen LogP) is 3.91. The van der Waals surface area contributed by atoms with Crippen LogP contribution in [0.1, 0.15) is 39.9 Å². The molecule has 0 bridgehead atoms. The van der Waals surface area contributed by atoms with Crippen molar-refractivity contribution in [1.29, 1.82) is 0 Å². The van der Waals surface area contributed by atoms with Gasteiger partial charge in [0, 0.05) is 19.1 Å². The maximum atomic E-state index is 13.2. The van der Waals surface area contributed by atoms with E-state index in [0.717, 1.165) is 17.2 Å². The molecule has 30 heavy (non-hydrogen) atoms. The maximum Gasteiger partial charge on any atom is 0.417 e. The lowest BCUT2D eigenvalue weighted by Gasteiger charge is -2.32. The number of aryl methyl sites for hydroxylation is 2. The van der Waals surface area contributed by atoms with E-state index in [-0.39, 0.29) is 23.5 Å². The van der Waals surface area contributed by atoms with Crippen molar-refractivity contribution in [2.75, 3.05) is 13.1 Å². The van der Waals surface area contributed by atoms with Crippen molar-refractivity contribution in [1.82, 2.24) is 9.62 Å². The number of rotatable bonds is 4. The van der Waals surface area contributed by atoms with E-state index >= 15 is 0 Å². The Bertz CT molecular complexity index is 1040. The first kappa shape index (κ1) is 22.3. The minimum Gasteiger partial charge on any atom is -0.339 e. The first-order chi connectivity index (χ1) is 14.0. The standard InChI is InChI=1S/C21H23F3N2O3S/c1-14-7-8-17(13-15(14)2)30(28,29)25-16-9-11-26(12-10-16)20(27)18-5-3-4-6-19(18)21(22,23)24/h3-8,13,16,25H,9-12H2,1-2H3. The van der Waals surface area contributed by atoms with Gasteiger partial charge < -0.3 is 4.90 Å². The molecular formula is C21H23F3N2O3S. The highest BCUT2D eigenvalue weighted by molar-refractivity contribution is 7.89. The Balaban J connectivity index is 1.67. The number of nitrogens with one attached hydrogen (secondary N) is 1. The number of hydrogen-bond donors (Lipinski definition) is 1. The summed E-state index contributed by atoms with van der Waals surface area (Å²) >= 11 is 0. The highest BCUT2D eigenvalue weighted by Gasteiger charge is 2.36. The molecule has 0 radical (unpaired) electrons. The topological polar surface area (TPSA) is 66.5 Å². The van der Waals surface area contributed by atoms with Gasteiger partial charge in [-0.2, -0.15) is 13.2 Å². The molecule has 5 nitrogen and oxygen atoms in total. The van der Waals surface area contributed by atoms with Gasteiger partial charge in [0.15, 0.2) is 0 Å². The summed E-state index contributed by atoms with van der Waals surface area (Å²) in [6.45, 7) is 4.07. The summed E-state index contributed by atoms with van der Waals surface area (Å²) in [6.07, 6.45) is -3.97. The van der Waals surface area contributed by atoms with E-state index in [2.05, 4.69) is 4.72 Å². The van der Waals surface area contributed by atoms with Crippen molar-refractivity contribution in [2.45, 2.75) is 43.8 Å². The number of amides is 1. The van der Waals surface area contributed by atoms with Crippen LogP contribution in [0.5, 0.6) is 0 Å². The van der Waals surface area contributed by atoms with Gasteiger partial charge in [0.1, 0.15) is 0 Å². The van der Waals surface area contributed by atoms with Crippen LogP contribution in [0.25, 0.3) is 0 Å². The van der Waals surface area contributed by atoms with Crippen molar-refractivity contribution in [2.24, 2.45) is 0 Å². The number of piperidine rings is 1. The van der Waals surface area contributed by atoms with Gasteiger partial charge in [-0.05, 0) is 62.1 Å². The van der Waals surface area contributed by atoms with Crippen LogP contribution in [0.2, 0.25) is 0 Å². The fraction of sp³-hybridized carbons (Fsp3) is 0.381. The zero-order valence-electron chi connectivity index (χ0n) is 16.7. The smallest absolute Gasteiger partial charge is 0.339 e. The van der Waals surface area contributed by atoms with Crippen molar-refractivity contribution in [3.8, 4) is 0 Å². The average molecular weight is 440 g/mol. The summed E-state index contributed by atoms with van der Waals surface area (Å²) in [5.41, 5.74) is 0.494. The molecule has 3 rings (SSSR count). The van der Waals surface area contributed by atoms with Crippen molar-refractivity contribution in [3.05, 3.63) is 64.7 Å². The Labute approximate surface area is 173 Å². The van der Waals surface area contributed by atoms with Crippen LogP contribution in [-0.2, 0) is 16.2 Å².